The molecule has 0 unspecified atom stereocenters. The Hall–Kier alpha value is -4.02. The lowest BCUT2D eigenvalue weighted by Crippen LogP contribution is -2.40. The van der Waals surface area contributed by atoms with Crippen LogP contribution in [0.25, 0.3) is 6.08 Å². The van der Waals surface area contributed by atoms with Gasteiger partial charge in [-0.2, -0.15) is 0 Å². The van der Waals surface area contributed by atoms with Gasteiger partial charge in [-0.15, -0.1) is 0 Å². The molecule has 0 N–H and O–H groups in total. The number of carbonyl (C=O) groups is 3. The van der Waals surface area contributed by atoms with E-state index in [2.05, 4.69) is 4.99 Å². The molecule has 0 saturated heterocycles. The molecule has 196 valence electrons. The highest BCUT2D eigenvalue weighted by Crippen LogP contribution is 2.34. The van der Waals surface area contributed by atoms with E-state index in [0.717, 1.165) is 11.3 Å². The number of allylic oxidation sites excluding steroid dienone is 1. The van der Waals surface area contributed by atoms with E-state index in [1.807, 2.05) is 0 Å². The summed E-state index contributed by atoms with van der Waals surface area (Å²) < 4.78 is 17.4. The summed E-state index contributed by atoms with van der Waals surface area (Å²) >= 11 is 7.63. The third-order valence-electron chi connectivity index (χ3n) is 5.50. The number of carbonyl (C=O) groups excluding carboxylic acids is 3. The van der Waals surface area contributed by atoms with Gasteiger partial charge in [0.25, 0.3) is 5.56 Å². The van der Waals surface area contributed by atoms with Gasteiger partial charge in [-0.25, -0.2) is 9.79 Å². The fraction of sp³-hybridized carbons (Fsp3) is 0.222. The van der Waals surface area contributed by atoms with Gasteiger partial charge in [0, 0.05) is 30.5 Å². The van der Waals surface area contributed by atoms with Crippen molar-refractivity contribution in [2.24, 2.45) is 4.99 Å². The maximum atomic E-state index is 13.8. The van der Waals surface area contributed by atoms with E-state index in [1.54, 1.807) is 50.3 Å². The highest BCUT2D eigenvalue weighted by atomic mass is 35.5. The molecule has 0 radical (unpaired) electrons. The van der Waals surface area contributed by atoms with E-state index in [9.17, 15) is 19.2 Å². The Kier molecular flexibility index (Phi) is 7.94. The average molecular weight is 555 g/mol. The largest absolute Gasteiger partial charge is 0.463 e. The van der Waals surface area contributed by atoms with Crippen molar-refractivity contribution in [3.8, 4) is 11.5 Å². The first-order chi connectivity index (χ1) is 18.1. The Morgan fingerprint density at radius 3 is 2.47 bits per heavy atom. The minimum atomic E-state index is -0.861. The van der Waals surface area contributed by atoms with Crippen molar-refractivity contribution in [3.05, 3.63) is 89.6 Å². The van der Waals surface area contributed by atoms with Gasteiger partial charge in [0.15, 0.2) is 4.80 Å². The fourth-order valence-electron chi connectivity index (χ4n) is 4.03. The summed E-state index contributed by atoms with van der Waals surface area (Å²) in [5.41, 5.74) is 1.14. The second-order valence-electron chi connectivity index (χ2n) is 8.21. The number of hydrogen-bond donors (Lipinski definition) is 0. The molecule has 0 aliphatic carbocycles. The highest BCUT2D eigenvalue weighted by Gasteiger charge is 2.34. The number of thiazole rings is 1. The monoisotopic (exact) mass is 554 g/mol. The molecule has 2 aromatic carbocycles. The molecule has 0 saturated carbocycles. The van der Waals surface area contributed by atoms with Crippen molar-refractivity contribution in [2.75, 3.05) is 6.61 Å². The Morgan fingerprint density at radius 1 is 1.11 bits per heavy atom. The summed E-state index contributed by atoms with van der Waals surface area (Å²) in [6.45, 7) is 6.01. The zero-order valence-electron chi connectivity index (χ0n) is 20.9. The maximum absolute atomic E-state index is 13.8. The van der Waals surface area contributed by atoms with Gasteiger partial charge >= 0.3 is 17.9 Å². The Morgan fingerprint density at radius 2 is 1.82 bits per heavy atom. The van der Waals surface area contributed by atoms with Crippen molar-refractivity contribution in [3.63, 3.8) is 0 Å². The van der Waals surface area contributed by atoms with Crippen LogP contribution in [0.2, 0.25) is 5.02 Å². The summed E-state index contributed by atoms with van der Waals surface area (Å²) in [5.74, 6) is -1.43. The molecule has 2 heterocycles. The number of ether oxygens (including phenoxy) is 3. The molecule has 4 rings (SSSR count). The number of aromatic nitrogens is 1. The smallest absolute Gasteiger partial charge is 0.338 e. The lowest BCUT2D eigenvalue weighted by Gasteiger charge is -2.25. The molecule has 1 aliphatic heterocycles. The minimum absolute atomic E-state index is 0.105. The summed E-state index contributed by atoms with van der Waals surface area (Å²) in [6.07, 6.45) is 1.55. The fourth-order valence-corrected chi connectivity index (χ4v) is 5.31. The van der Waals surface area contributed by atoms with Crippen molar-refractivity contribution < 1.29 is 28.6 Å². The van der Waals surface area contributed by atoms with Crippen LogP contribution in [0.4, 0.5) is 0 Å². The third-order valence-corrected chi connectivity index (χ3v) is 6.83. The zero-order valence-corrected chi connectivity index (χ0v) is 22.5. The van der Waals surface area contributed by atoms with Crippen LogP contribution in [0.5, 0.6) is 11.5 Å². The van der Waals surface area contributed by atoms with Crippen LogP contribution < -0.4 is 24.4 Å². The molecular formula is C27H23ClN2O7S. The van der Waals surface area contributed by atoms with Gasteiger partial charge < -0.3 is 14.2 Å². The quantitative estimate of drug-likeness (QED) is 0.339. The van der Waals surface area contributed by atoms with Crippen LogP contribution in [0.3, 0.4) is 0 Å². The van der Waals surface area contributed by atoms with Crippen molar-refractivity contribution in [1.82, 2.24) is 4.57 Å². The number of halogens is 1. The second kappa shape index (κ2) is 11.2. The molecule has 0 bridgehead atoms. The predicted octanol–water partition coefficient (Wildman–Crippen LogP) is 3.30. The van der Waals surface area contributed by atoms with E-state index in [-0.39, 0.29) is 28.2 Å². The van der Waals surface area contributed by atoms with Crippen molar-refractivity contribution in [2.45, 2.75) is 33.7 Å². The van der Waals surface area contributed by atoms with Gasteiger partial charge in [0.05, 0.1) is 22.4 Å². The molecule has 0 amide bonds. The molecule has 1 atom stereocenters. The number of fused-ring (bicyclic) bond motifs is 1. The first-order valence-electron chi connectivity index (χ1n) is 11.6. The van der Waals surface area contributed by atoms with E-state index >= 15 is 0 Å². The van der Waals surface area contributed by atoms with Gasteiger partial charge in [-0.3, -0.25) is 19.0 Å². The lowest BCUT2D eigenvalue weighted by atomic mass is 9.96. The zero-order chi connectivity index (χ0) is 27.6. The van der Waals surface area contributed by atoms with Crippen LogP contribution in [0.1, 0.15) is 44.9 Å². The molecule has 0 fully saturated rings. The third kappa shape index (κ3) is 5.46. The Bertz CT molecular complexity index is 1670. The van der Waals surface area contributed by atoms with Crippen LogP contribution >= 0.6 is 22.9 Å². The molecule has 3 aromatic rings. The number of benzene rings is 2. The maximum Gasteiger partial charge on any atom is 0.338 e. The summed E-state index contributed by atoms with van der Waals surface area (Å²) in [7, 11) is 0. The van der Waals surface area contributed by atoms with Gasteiger partial charge in [0.1, 0.15) is 17.5 Å². The first kappa shape index (κ1) is 27.0. The molecule has 9 nitrogen and oxygen atoms in total. The van der Waals surface area contributed by atoms with Crippen molar-refractivity contribution >= 4 is 46.9 Å². The summed E-state index contributed by atoms with van der Waals surface area (Å²) in [6, 6.07) is 10.6. The summed E-state index contributed by atoms with van der Waals surface area (Å²) in [4.78, 5) is 54.7. The molecule has 11 heteroatoms. The van der Waals surface area contributed by atoms with Crippen LogP contribution in [-0.4, -0.2) is 29.1 Å². The van der Waals surface area contributed by atoms with Gasteiger partial charge in [-0.05, 0) is 43.7 Å². The topological polar surface area (TPSA) is 113 Å². The van der Waals surface area contributed by atoms with E-state index in [4.69, 9.17) is 25.8 Å². The number of esters is 3. The Balaban J connectivity index is 1.94. The molecule has 38 heavy (non-hydrogen) atoms. The minimum Gasteiger partial charge on any atom is -0.463 e. The predicted molar refractivity (Wildman–Crippen MR) is 141 cm³/mol. The SMILES string of the molecule is CCOC(=O)C1=C(C)N=c2s/c(=C/c3ccc(OC(C)=O)cc3OC(C)=O)c(=O)n2[C@@H]1c1ccccc1Cl. The Labute approximate surface area is 226 Å². The summed E-state index contributed by atoms with van der Waals surface area (Å²) in [5, 5.41) is 0.377. The van der Waals surface area contributed by atoms with Gasteiger partial charge in [-0.1, -0.05) is 41.1 Å². The van der Waals surface area contributed by atoms with Crippen LogP contribution in [0.15, 0.2) is 63.5 Å². The average Bonchev–Trinajstić information content (AvgIpc) is 3.14. The van der Waals surface area contributed by atoms with Crippen LogP contribution in [0, 0.1) is 0 Å². The highest BCUT2D eigenvalue weighted by molar-refractivity contribution is 7.07. The van der Waals surface area contributed by atoms with Gasteiger partial charge in [0.2, 0.25) is 0 Å². The number of nitrogens with zero attached hydrogens (tertiary/aromatic N) is 2. The van der Waals surface area contributed by atoms with E-state index in [1.165, 1.54) is 30.5 Å². The molecule has 1 aromatic heterocycles. The second-order valence-corrected chi connectivity index (χ2v) is 9.63. The lowest BCUT2D eigenvalue weighted by molar-refractivity contribution is -0.139. The molecular weight excluding hydrogens is 532 g/mol. The first-order valence-corrected chi connectivity index (χ1v) is 12.7. The molecule has 0 spiro atoms. The number of rotatable bonds is 6. The number of hydrogen-bond acceptors (Lipinski definition) is 9. The molecule has 1 aliphatic rings. The van der Waals surface area contributed by atoms with E-state index < -0.39 is 29.5 Å². The van der Waals surface area contributed by atoms with E-state index in [0.29, 0.717) is 26.6 Å². The standard InChI is InChI=1S/C27H23ClN2O7S/c1-5-35-26(34)23-14(2)29-27-30(24(23)19-8-6-7-9-20(19)28)25(33)22(38-27)12-17-10-11-18(36-15(3)31)13-21(17)37-16(4)32/h6-13,24H,5H2,1-4H3/b22-12+/t24-/m1/s1. The van der Waals surface area contributed by atoms with Crippen LogP contribution in [-0.2, 0) is 19.1 Å². The van der Waals surface area contributed by atoms with Crippen molar-refractivity contribution in [1.29, 1.82) is 0 Å². The normalized spacial score (nSPS) is 15.0.